The first-order valence-electron chi connectivity index (χ1n) is 9.03. The summed E-state index contributed by atoms with van der Waals surface area (Å²) in [5.74, 6) is 1.77. The van der Waals surface area contributed by atoms with E-state index in [4.69, 9.17) is 0 Å². The van der Waals surface area contributed by atoms with Crippen molar-refractivity contribution in [1.82, 2.24) is 4.90 Å². The lowest BCUT2D eigenvalue weighted by molar-refractivity contribution is -0.123. The molecule has 2 fully saturated rings. The Labute approximate surface area is 125 Å². The first-order valence-corrected chi connectivity index (χ1v) is 9.03. The minimum atomic E-state index is 0.374. The first kappa shape index (κ1) is 16.0. The maximum atomic E-state index is 12.1. The van der Waals surface area contributed by atoms with Crippen LogP contribution in [0.15, 0.2) is 0 Å². The molecule has 0 amide bonds. The van der Waals surface area contributed by atoms with Crippen LogP contribution in [0.2, 0.25) is 0 Å². The van der Waals surface area contributed by atoms with Gasteiger partial charge in [0.1, 0.15) is 5.78 Å². The van der Waals surface area contributed by atoms with Crippen LogP contribution in [-0.2, 0) is 4.79 Å². The van der Waals surface area contributed by atoms with Gasteiger partial charge < -0.3 is 0 Å². The van der Waals surface area contributed by atoms with Crippen LogP contribution in [-0.4, -0.2) is 29.8 Å². The highest BCUT2D eigenvalue weighted by Crippen LogP contribution is 2.33. The van der Waals surface area contributed by atoms with Crippen LogP contribution in [0.5, 0.6) is 0 Å². The molecule has 116 valence electrons. The average Bonchev–Trinajstić information content (AvgIpc) is 2.90. The predicted octanol–water partition coefficient (Wildman–Crippen LogP) is 4.43. The Morgan fingerprint density at radius 1 is 1.20 bits per heavy atom. The summed E-state index contributed by atoms with van der Waals surface area (Å²) in [6.07, 6.45) is 12.4. The monoisotopic (exact) mass is 279 g/mol. The van der Waals surface area contributed by atoms with Gasteiger partial charge in [0.2, 0.25) is 0 Å². The number of nitrogens with zero attached hydrogens (tertiary/aromatic N) is 1. The molecule has 1 saturated heterocycles. The van der Waals surface area contributed by atoms with Gasteiger partial charge in [-0.1, -0.05) is 39.5 Å². The molecule has 0 aromatic heterocycles. The third-order valence-electron chi connectivity index (χ3n) is 5.52. The van der Waals surface area contributed by atoms with Gasteiger partial charge in [0.05, 0.1) is 0 Å². The number of carbonyl (C=O) groups excluding carboxylic acids is 1. The van der Waals surface area contributed by atoms with E-state index in [0.29, 0.717) is 17.7 Å². The fraction of sp³-hybridized carbons (Fsp3) is 0.944. The molecule has 0 radical (unpaired) electrons. The third kappa shape index (κ3) is 4.07. The van der Waals surface area contributed by atoms with Crippen LogP contribution >= 0.6 is 0 Å². The molecule has 1 heterocycles. The van der Waals surface area contributed by atoms with Gasteiger partial charge in [-0.15, -0.1) is 0 Å². The topological polar surface area (TPSA) is 20.3 Å². The molecule has 2 nitrogen and oxygen atoms in total. The largest absolute Gasteiger partial charge is 0.299 e. The van der Waals surface area contributed by atoms with Gasteiger partial charge in [0.15, 0.2) is 0 Å². The Hall–Kier alpha value is -0.370. The van der Waals surface area contributed by atoms with Crippen molar-refractivity contribution in [3.05, 3.63) is 0 Å². The van der Waals surface area contributed by atoms with Gasteiger partial charge >= 0.3 is 0 Å². The summed E-state index contributed by atoms with van der Waals surface area (Å²) in [4.78, 5) is 14.8. The zero-order valence-electron chi connectivity index (χ0n) is 13.6. The molecule has 1 saturated carbocycles. The minimum absolute atomic E-state index is 0.374. The summed E-state index contributed by atoms with van der Waals surface area (Å²) < 4.78 is 0. The third-order valence-corrected chi connectivity index (χ3v) is 5.52. The van der Waals surface area contributed by atoms with E-state index in [1.165, 1.54) is 58.0 Å². The fourth-order valence-electron chi connectivity index (χ4n) is 4.20. The number of hydrogen-bond donors (Lipinski definition) is 0. The molecule has 20 heavy (non-hydrogen) atoms. The van der Waals surface area contributed by atoms with Crippen molar-refractivity contribution in [2.75, 3.05) is 13.1 Å². The average molecular weight is 279 g/mol. The maximum absolute atomic E-state index is 12.1. The van der Waals surface area contributed by atoms with Crippen molar-refractivity contribution in [3.8, 4) is 0 Å². The summed E-state index contributed by atoms with van der Waals surface area (Å²) >= 11 is 0. The molecule has 0 aromatic rings. The second-order valence-corrected chi connectivity index (χ2v) is 6.94. The summed E-state index contributed by atoms with van der Waals surface area (Å²) in [5, 5.41) is 0. The van der Waals surface area contributed by atoms with Crippen molar-refractivity contribution in [2.45, 2.75) is 84.1 Å². The fourth-order valence-corrected chi connectivity index (χ4v) is 4.20. The van der Waals surface area contributed by atoms with E-state index in [2.05, 4.69) is 18.7 Å². The van der Waals surface area contributed by atoms with Crippen molar-refractivity contribution < 1.29 is 4.79 Å². The van der Waals surface area contributed by atoms with Gasteiger partial charge in [0.25, 0.3) is 0 Å². The molecule has 0 spiro atoms. The Balaban J connectivity index is 1.93. The Morgan fingerprint density at radius 3 is 2.70 bits per heavy atom. The number of ketones is 1. The molecular weight excluding hydrogens is 246 g/mol. The van der Waals surface area contributed by atoms with E-state index < -0.39 is 0 Å². The van der Waals surface area contributed by atoms with Crippen molar-refractivity contribution >= 4 is 5.78 Å². The molecule has 2 rings (SSSR count). The zero-order valence-corrected chi connectivity index (χ0v) is 13.6. The molecule has 0 N–H and O–H groups in total. The van der Waals surface area contributed by atoms with E-state index in [0.717, 1.165) is 25.2 Å². The number of Topliss-reactive ketones (excluding diaryl/α,β-unsaturated/α-hetero) is 1. The van der Waals surface area contributed by atoms with Crippen LogP contribution in [0.3, 0.4) is 0 Å². The SMILES string of the molecule is CCCCC(CC)CN1CCCCC1C1CCCC1=O. The number of rotatable bonds is 7. The quantitative estimate of drug-likeness (QED) is 0.687. The van der Waals surface area contributed by atoms with Crippen molar-refractivity contribution in [2.24, 2.45) is 11.8 Å². The van der Waals surface area contributed by atoms with E-state index in [1.54, 1.807) is 0 Å². The van der Waals surface area contributed by atoms with Gasteiger partial charge in [-0.3, -0.25) is 9.69 Å². The number of piperidine rings is 1. The van der Waals surface area contributed by atoms with E-state index in [-0.39, 0.29) is 0 Å². The number of carbonyl (C=O) groups is 1. The van der Waals surface area contributed by atoms with Gasteiger partial charge in [-0.05, 0) is 44.6 Å². The van der Waals surface area contributed by atoms with Crippen LogP contribution in [0.1, 0.15) is 78.1 Å². The Morgan fingerprint density at radius 2 is 2.05 bits per heavy atom. The predicted molar refractivity (Wildman–Crippen MR) is 84.9 cm³/mol. The molecule has 3 unspecified atom stereocenters. The van der Waals surface area contributed by atoms with E-state index >= 15 is 0 Å². The standard InChI is InChI=1S/C18H33NO/c1-3-5-9-15(4-2)14-19-13-7-6-11-17(19)16-10-8-12-18(16)20/h15-17H,3-14H2,1-2H3. The second kappa shape index (κ2) is 8.17. The smallest absolute Gasteiger partial charge is 0.137 e. The summed E-state index contributed by atoms with van der Waals surface area (Å²) in [6, 6.07) is 0.578. The van der Waals surface area contributed by atoms with Crippen LogP contribution in [0.4, 0.5) is 0 Å². The van der Waals surface area contributed by atoms with Crippen molar-refractivity contribution in [1.29, 1.82) is 0 Å². The molecular formula is C18H33NO. The first-order chi connectivity index (χ1) is 9.76. The highest BCUT2D eigenvalue weighted by molar-refractivity contribution is 5.83. The van der Waals surface area contributed by atoms with Gasteiger partial charge in [0, 0.05) is 24.9 Å². The lowest BCUT2D eigenvalue weighted by Gasteiger charge is -2.40. The Bertz CT molecular complexity index is 302. The number of likely N-dealkylation sites (tertiary alicyclic amines) is 1. The van der Waals surface area contributed by atoms with Crippen LogP contribution in [0, 0.1) is 11.8 Å². The molecule has 3 atom stereocenters. The molecule has 1 aliphatic carbocycles. The number of hydrogen-bond acceptors (Lipinski definition) is 2. The molecule has 0 aromatic carbocycles. The second-order valence-electron chi connectivity index (χ2n) is 6.94. The highest BCUT2D eigenvalue weighted by atomic mass is 16.1. The summed E-state index contributed by atoms with van der Waals surface area (Å²) in [6.45, 7) is 7.09. The summed E-state index contributed by atoms with van der Waals surface area (Å²) in [7, 11) is 0. The van der Waals surface area contributed by atoms with E-state index in [9.17, 15) is 4.79 Å². The minimum Gasteiger partial charge on any atom is -0.299 e. The normalized spacial score (nSPS) is 29.8. The van der Waals surface area contributed by atoms with Crippen LogP contribution in [0.25, 0.3) is 0 Å². The summed E-state index contributed by atoms with van der Waals surface area (Å²) in [5.41, 5.74) is 0. The molecule has 1 aliphatic heterocycles. The maximum Gasteiger partial charge on any atom is 0.137 e. The lowest BCUT2D eigenvalue weighted by Crippen LogP contribution is -2.47. The van der Waals surface area contributed by atoms with Crippen LogP contribution < -0.4 is 0 Å². The lowest BCUT2D eigenvalue weighted by atomic mass is 9.87. The van der Waals surface area contributed by atoms with E-state index in [1.807, 2.05) is 0 Å². The van der Waals surface area contributed by atoms with Gasteiger partial charge in [-0.25, -0.2) is 0 Å². The van der Waals surface area contributed by atoms with Gasteiger partial charge in [-0.2, -0.15) is 0 Å². The molecule has 2 heteroatoms. The Kier molecular flexibility index (Phi) is 6.54. The number of unbranched alkanes of at least 4 members (excludes halogenated alkanes) is 1. The molecule has 0 bridgehead atoms. The zero-order chi connectivity index (χ0) is 14.4. The molecule has 2 aliphatic rings. The van der Waals surface area contributed by atoms with Crippen molar-refractivity contribution in [3.63, 3.8) is 0 Å². The highest BCUT2D eigenvalue weighted by Gasteiger charge is 2.37.